The molecule has 0 saturated carbocycles. The highest BCUT2D eigenvalue weighted by atomic mass is 32.2. The predicted molar refractivity (Wildman–Crippen MR) is 120 cm³/mol. The number of nitro benzene ring substituents is 1. The van der Waals surface area contributed by atoms with Crippen LogP contribution in [0, 0.1) is 10.1 Å². The van der Waals surface area contributed by atoms with Crippen LogP contribution in [0.15, 0.2) is 72.8 Å². The fourth-order valence-electron chi connectivity index (χ4n) is 2.68. The van der Waals surface area contributed by atoms with Crippen molar-refractivity contribution in [3.05, 3.63) is 88.5 Å². The number of hydrogen-bond donors (Lipinski definition) is 3. The van der Waals surface area contributed by atoms with E-state index < -0.39 is 20.9 Å². The number of benzene rings is 3. The molecule has 3 N–H and O–H groups in total. The second-order valence-corrected chi connectivity index (χ2v) is 8.53. The van der Waals surface area contributed by atoms with Crippen LogP contribution in [0.5, 0.6) is 0 Å². The SMILES string of the molecule is CCS(=O)(=O)Nc1ccc(NC(=O)c2ccc(Nc3ccccc3)c([N+](=O)[O-])c2)cc1. The first-order valence-electron chi connectivity index (χ1n) is 9.30. The van der Waals surface area contributed by atoms with Gasteiger partial charge in [0.15, 0.2) is 0 Å². The number of carbonyl (C=O) groups is 1. The van der Waals surface area contributed by atoms with Crippen LogP contribution < -0.4 is 15.4 Å². The maximum absolute atomic E-state index is 12.6. The lowest BCUT2D eigenvalue weighted by molar-refractivity contribution is -0.383. The minimum absolute atomic E-state index is 0.0562. The van der Waals surface area contributed by atoms with Gasteiger partial charge in [0.1, 0.15) is 5.69 Å². The summed E-state index contributed by atoms with van der Waals surface area (Å²) in [7, 11) is -3.40. The minimum atomic E-state index is -3.40. The third-order valence-electron chi connectivity index (χ3n) is 4.31. The maximum Gasteiger partial charge on any atom is 0.293 e. The van der Waals surface area contributed by atoms with Crippen LogP contribution in [0.4, 0.5) is 28.4 Å². The number of nitrogens with one attached hydrogen (secondary N) is 3. The van der Waals surface area contributed by atoms with E-state index in [1.54, 1.807) is 24.3 Å². The molecule has 31 heavy (non-hydrogen) atoms. The van der Waals surface area contributed by atoms with E-state index in [0.29, 0.717) is 17.1 Å². The molecule has 3 aromatic rings. The summed E-state index contributed by atoms with van der Waals surface area (Å²) >= 11 is 0. The lowest BCUT2D eigenvalue weighted by Gasteiger charge is -2.10. The zero-order valence-electron chi connectivity index (χ0n) is 16.5. The number of nitro groups is 1. The zero-order chi connectivity index (χ0) is 22.4. The van der Waals surface area contributed by atoms with Gasteiger partial charge in [-0.3, -0.25) is 19.6 Å². The van der Waals surface area contributed by atoms with Gasteiger partial charge in [-0.15, -0.1) is 0 Å². The topological polar surface area (TPSA) is 130 Å². The first-order valence-corrected chi connectivity index (χ1v) is 10.9. The summed E-state index contributed by atoms with van der Waals surface area (Å²) in [6.07, 6.45) is 0. The Morgan fingerprint density at radius 3 is 2.19 bits per heavy atom. The van der Waals surface area contributed by atoms with Gasteiger partial charge in [0, 0.05) is 28.7 Å². The molecule has 9 nitrogen and oxygen atoms in total. The average molecular weight is 440 g/mol. The zero-order valence-corrected chi connectivity index (χ0v) is 17.3. The average Bonchev–Trinajstić information content (AvgIpc) is 2.75. The smallest absolute Gasteiger partial charge is 0.293 e. The Hall–Kier alpha value is -3.92. The lowest BCUT2D eigenvalue weighted by Crippen LogP contribution is -2.15. The molecule has 10 heteroatoms. The number of hydrogen-bond acceptors (Lipinski definition) is 6. The summed E-state index contributed by atoms with van der Waals surface area (Å²) in [6, 6.07) is 19.2. The molecular weight excluding hydrogens is 420 g/mol. The largest absolute Gasteiger partial charge is 0.350 e. The molecule has 0 heterocycles. The van der Waals surface area contributed by atoms with Gasteiger partial charge in [-0.2, -0.15) is 0 Å². The molecule has 0 spiro atoms. The second kappa shape index (κ2) is 9.26. The van der Waals surface area contributed by atoms with Crippen molar-refractivity contribution in [1.82, 2.24) is 0 Å². The predicted octanol–water partition coefficient (Wildman–Crippen LogP) is 4.35. The van der Waals surface area contributed by atoms with E-state index in [-0.39, 0.29) is 22.7 Å². The minimum Gasteiger partial charge on any atom is -0.350 e. The number of amides is 1. The summed E-state index contributed by atoms with van der Waals surface area (Å²) in [6.45, 7) is 1.52. The molecule has 3 aromatic carbocycles. The molecule has 0 fully saturated rings. The number of nitrogens with zero attached hydrogens (tertiary/aromatic N) is 1. The molecule has 0 aromatic heterocycles. The van der Waals surface area contributed by atoms with Gasteiger partial charge >= 0.3 is 0 Å². The molecule has 1 amide bonds. The van der Waals surface area contributed by atoms with Crippen molar-refractivity contribution in [3.63, 3.8) is 0 Å². The molecule has 0 aliphatic carbocycles. The molecule has 3 rings (SSSR count). The molecule has 0 saturated heterocycles. The number of sulfonamides is 1. The number of carbonyl (C=O) groups excluding carboxylic acids is 1. The molecule has 0 radical (unpaired) electrons. The standard InChI is InChI=1S/C21H20N4O5S/c1-2-31(29,30)24-18-11-9-17(10-12-18)23-21(26)15-8-13-19(20(14-15)25(27)28)22-16-6-4-3-5-7-16/h3-14,22,24H,2H2,1H3,(H,23,26). The number of para-hydroxylation sites is 1. The molecular formula is C21H20N4O5S. The Bertz CT molecular complexity index is 1200. The molecule has 0 atom stereocenters. The molecule has 160 valence electrons. The van der Waals surface area contributed by atoms with Gasteiger partial charge in [0.25, 0.3) is 11.6 Å². The number of anilines is 4. The van der Waals surface area contributed by atoms with Crippen LogP contribution in [-0.4, -0.2) is 25.0 Å². The second-order valence-electron chi connectivity index (χ2n) is 6.52. The summed E-state index contributed by atoms with van der Waals surface area (Å²) in [5.41, 5.74) is 1.61. The van der Waals surface area contributed by atoms with Crippen LogP contribution in [0.1, 0.15) is 17.3 Å². The van der Waals surface area contributed by atoms with Crippen molar-refractivity contribution in [3.8, 4) is 0 Å². The van der Waals surface area contributed by atoms with Crippen LogP contribution in [0.3, 0.4) is 0 Å². The Kier molecular flexibility index (Phi) is 6.51. The van der Waals surface area contributed by atoms with E-state index in [4.69, 9.17) is 0 Å². The number of rotatable bonds is 8. The highest BCUT2D eigenvalue weighted by Gasteiger charge is 2.18. The first-order chi connectivity index (χ1) is 14.8. The van der Waals surface area contributed by atoms with Crippen molar-refractivity contribution in [2.75, 3.05) is 21.1 Å². The molecule has 0 unspecified atom stereocenters. The Balaban J connectivity index is 1.75. The van der Waals surface area contributed by atoms with Crippen molar-refractivity contribution in [2.45, 2.75) is 6.92 Å². The van der Waals surface area contributed by atoms with E-state index >= 15 is 0 Å². The Morgan fingerprint density at radius 2 is 1.58 bits per heavy atom. The lowest BCUT2D eigenvalue weighted by atomic mass is 10.1. The summed E-state index contributed by atoms with van der Waals surface area (Å²) in [4.78, 5) is 23.5. The van der Waals surface area contributed by atoms with Crippen molar-refractivity contribution < 1.29 is 18.1 Å². The fourth-order valence-corrected chi connectivity index (χ4v) is 3.32. The van der Waals surface area contributed by atoms with E-state index in [1.165, 1.54) is 49.4 Å². The van der Waals surface area contributed by atoms with Gasteiger partial charge in [0.2, 0.25) is 10.0 Å². The van der Waals surface area contributed by atoms with Gasteiger partial charge in [-0.05, 0) is 55.5 Å². The third-order valence-corrected chi connectivity index (χ3v) is 5.61. The van der Waals surface area contributed by atoms with E-state index in [1.807, 2.05) is 6.07 Å². The van der Waals surface area contributed by atoms with Gasteiger partial charge in [-0.25, -0.2) is 8.42 Å². The summed E-state index contributed by atoms with van der Waals surface area (Å²) < 4.78 is 25.6. The van der Waals surface area contributed by atoms with E-state index in [9.17, 15) is 23.3 Å². The van der Waals surface area contributed by atoms with Gasteiger partial charge in [0.05, 0.1) is 10.7 Å². The molecule has 0 bridgehead atoms. The molecule has 0 aliphatic heterocycles. The highest BCUT2D eigenvalue weighted by molar-refractivity contribution is 7.92. The first kappa shape index (κ1) is 21.8. The van der Waals surface area contributed by atoms with E-state index in [0.717, 1.165) is 0 Å². The van der Waals surface area contributed by atoms with E-state index in [2.05, 4.69) is 15.4 Å². The van der Waals surface area contributed by atoms with Crippen LogP contribution in [0.2, 0.25) is 0 Å². The normalized spacial score (nSPS) is 10.9. The third kappa shape index (κ3) is 5.80. The van der Waals surface area contributed by atoms with Crippen molar-refractivity contribution >= 4 is 44.4 Å². The van der Waals surface area contributed by atoms with Crippen LogP contribution in [0.25, 0.3) is 0 Å². The maximum atomic E-state index is 12.6. The van der Waals surface area contributed by atoms with Crippen LogP contribution >= 0.6 is 0 Å². The highest BCUT2D eigenvalue weighted by Crippen LogP contribution is 2.29. The quantitative estimate of drug-likeness (QED) is 0.353. The monoisotopic (exact) mass is 440 g/mol. The van der Waals surface area contributed by atoms with Crippen LogP contribution in [-0.2, 0) is 10.0 Å². The Labute approximate surface area is 179 Å². The van der Waals surface area contributed by atoms with Gasteiger partial charge < -0.3 is 10.6 Å². The van der Waals surface area contributed by atoms with Crippen molar-refractivity contribution in [2.24, 2.45) is 0 Å². The summed E-state index contributed by atoms with van der Waals surface area (Å²) in [5.74, 6) is -0.587. The molecule has 0 aliphatic rings. The fraction of sp³-hybridized carbons (Fsp3) is 0.0952. The van der Waals surface area contributed by atoms with Crippen molar-refractivity contribution in [1.29, 1.82) is 0 Å². The Morgan fingerprint density at radius 1 is 0.935 bits per heavy atom. The summed E-state index contributed by atoms with van der Waals surface area (Å²) in [5, 5.41) is 17.1. The van der Waals surface area contributed by atoms with Gasteiger partial charge in [-0.1, -0.05) is 18.2 Å².